The normalized spacial score (nSPS) is 17.6. The Balaban J connectivity index is 2.05. The lowest BCUT2D eigenvalue weighted by molar-refractivity contribution is -0.119. The first-order valence-corrected chi connectivity index (χ1v) is 10.2. The van der Waals surface area contributed by atoms with Gasteiger partial charge in [-0.25, -0.2) is 4.99 Å². The highest BCUT2D eigenvalue weighted by molar-refractivity contribution is 5.80. The van der Waals surface area contributed by atoms with Crippen LogP contribution >= 0.6 is 0 Å². The molecule has 0 aromatic heterocycles. The van der Waals surface area contributed by atoms with E-state index in [1.54, 1.807) is 0 Å². The number of hydrogen-bond acceptors (Lipinski definition) is 4. The first-order chi connectivity index (χ1) is 13.5. The highest BCUT2D eigenvalue weighted by Gasteiger charge is 2.23. The number of nitrogens with one attached hydrogen (secondary N) is 1. The van der Waals surface area contributed by atoms with E-state index >= 15 is 0 Å². The summed E-state index contributed by atoms with van der Waals surface area (Å²) in [5, 5.41) is 3.39. The van der Waals surface area contributed by atoms with E-state index in [9.17, 15) is 4.79 Å². The van der Waals surface area contributed by atoms with Crippen LogP contribution < -0.4 is 15.8 Å². The summed E-state index contributed by atoms with van der Waals surface area (Å²) in [6, 6.07) is 8.06. The van der Waals surface area contributed by atoms with Gasteiger partial charge in [0.05, 0.1) is 6.54 Å². The Morgan fingerprint density at radius 1 is 1.39 bits per heavy atom. The third kappa shape index (κ3) is 7.38. The van der Waals surface area contributed by atoms with Crippen LogP contribution in [0.5, 0.6) is 5.75 Å². The van der Waals surface area contributed by atoms with Crippen molar-refractivity contribution in [2.75, 3.05) is 46.9 Å². The average Bonchev–Trinajstić information content (AvgIpc) is 2.65. The van der Waals surface area contributed by atoms with Gasteiger partial charge in [-0.1, -0.05) is 18.2 Å². The van der Waals surface area contributed by atoms with E-state index in [1.807, 2.05) is 32.3 Å². The minimum absolute atomic E-state index is 0.224. The lowest BCUT2D eigenvalue weighted by atomic mass is 9.95. The summed E-state index contributed by atoms with van der Waals surface area (Å²) in [6.07, 6.45) is 2.53. The first-order valence-electron chi connectivity index (χ1n) is 10.2. The van der Waals surface area contributed by atoms with Crippen LogP contribution in [0.25, 0.3) is 0 Å². The number of aliphatic imine (C=N–C) groups is 1. The molecule has 0 aliphatic carbocycles. The maximum atomic E-state index is 11.3. The van der Waals surface area contributed by atoms with Crippen molar-refractivity contribution >= 4 is 11.9 Å². The molecule has 1 aliphatic rings. The van der Waals surface area contributed by atoms with Gasteiger partial charge in [0, 0.05) is 38.2 Å². The van der Waals surface area contributed by atoms with Crippen LogP contribution in [0, 0.1) is 5.92 Å². The van der Waals surface area contributed by atoms with E-state index in [4.69, 9.17) is 15.5 Å². The summed E-state index contributed by atoms with van der Waals surface area (Å²) in [4.78, 5) is 20.5. The highest BCUT2D eigenvalue weighted by Crippen LogP contribution is 2.21. The number of likely N-dealkylation sites (N-methyl/N-ethyl adjacent to an activating group) is 1. The number of ether oxygens (including phenoxy) is 1. The predicted octanol–water partition coefficient (Wildman–Crippen LogP) is 1.68. The Kier molecular flexibility index (Phi) is 9.07. The number of nitrogens with zero attached hydrogens (tertiary/aromatic N) is 3. The Morgan fingerprint density at radius 2 is 2.18 bits per heavy atom. The van der Waals surface area contributed by atoms with Gasteiger partial charge in [0.25, 0.3) is 0 Å². The monoisotopic (exact) mass is 389 g/mol. The van der Waals surface area contributed by atoms with Gasteiger partial charge >= 0.3 is 0 Å². The summed E-state index contributed by atoms with van der Waals surface area (Å²) < 4.78 is 5.95. The number of guanidine groups is 1. The number of benzene rings is 1. The lowest BCUT2D eigenvalue weighted by Gasteiger charge is -2.34. The fourth-order valence-corrected chi connectivity index (χ4v) is 3.41. The maximum absolute atomic E-state index is 11.3. The summed E-state index contributed by atoms with van der Waals surface area (Å²) >= 11 is 0. The van der Waals surface area contributed by atoms with Crippen molar-refractivity contribution in [3.05, 3.63) is 29.8 Å². The van der Waals surface area contributed by atoms with Gasteiger partial charge in [0.2, 0.25) is 5.91 Å². The number of likely N-dealkylation sites (tertiary alicyclic amines) is 1. The van der Waals surface area contributed by atoms with Crippen LogP contribution in [0.4, 0.5) is 0 Å². The number of nitrogens with two attached hydrogens (primary N) is 1. The Bertz CT molecular complexity index is 647. The van der Waals surface area contributed by atoms with Crippen LogP contribution in [-0.4, -0.2) is 68.5 Å². The van der Waals surface area contributed by atoms with E-state index in [2.05, 4.69) is 28.1 Å². The quantitative estimate of drug-likeness (QED) is 0.496. The Morgan fingerprint density at radius 3 is 2.89 bits per heavy atom. The summed E-state index contributed by atoms with van der Waals surface area (Å²) in [6.45, 7) is 6.70. The van der Waals surface area contributed by atoms with Gasteiger partial charge in [-0.15, -0.1) is 0 Å². The molecule has 1 saturated heterocycles. The van der Waals surface area contributed by atoms with E-state index < -0.39 is 0 Å². The van der Waals surface area contributed by atoms with Gasteiger partial charge in [-0.05, 0) is 45.8 Å². The Labute approximate surface area is 168 Å². The van der Waals surface area contributed by atoms with Crippen molar-refractivity contribution in [3.63, 3.8) is 0 Å². The number of carbonyl (C=O) groups is 1. The number of piperidine rings is 1. The lowest BCUT2D eigenvalue weighted by Crippen LogP contribution is -2.47. The van der Waals surface area contributed by atoms with Gasteiger partial charge in [0.1, 0.15) is 12.4 Å². The van der Waals surface area contributed by atoms with Crippen molar-refractivity contribution < 1.29 is 9.53 Å². The summed E-state index contributed by atoms with van der Waals surface area (Å²) in [5.74, 6) is 1.85. The van der Waals surface area contributed by atoms with Crippen molar-refractivity contribution in [1.82, 2.24) is 15.1 Å². The Hall–Kier alpha value is -2.28. The number of para-hydroxylation sites is 1. The van der Waals surface area contributed by atoms with E-state index in [-0.39, 0.29) is 5.91 Å². The van der Waals surface area contributed by atoms with Gasteiger partial charge in [0.15, 0.2) is 5.96 Å². The summed E-state index contributed by atoms with van der Waals surface area (Å²) in [7, 11) is 4.07. The van der Waals surface area contributed by atoms with Gasteiger partial charge < -0.3 is 25.6 Å². The topological polar surface area (TPSA) is 83.2 Å². The molecule has 1 atom stereocenters. The van der Waals surface area contributed by atoms with E-state index in [0.29, 0.717) is 25.5 Å². The maximum Gasteiger partial charge on any atom is 0.217 e. The van der Waals surface area contributed by atoms with Crippen molar-refractivity contribution in [3.8, 4) is 5.75 Å². The summed E-state index contributed by atoms with van der Waals surface area (Å²) in [5.41, 5.74) is 6.46. The fourth-order valence-electron chi connectivity index (χ4n) is 3.41. The molecule has 28 heavy (non-hydrogen) atoms. The standard InChI is InChI=1S/C21H35N5O2/c1-4-23-21(26-11-7-8-17(16-26)14-20(22)27)24-15-18-9-5-6-10-19(18)28-13-12-25(2)3/h5-6,9-10,17H,4,7-8,11-16H2,1-3H3,(H2,22,27)(H,23,24). The first kappa shape index (κ1) is 22.0. The van der Waals surface area contributed by atoms with Gasteiger partial charge in [-0.3, -0.25) is 4.79 Å². The minimum atomic E-state index is -0.224. The molecule has 1 unspecified atom stereocenters. The third-order valence-electron chi connectivity index (χ3n) is 4.81. The number of amides is 1. The molecule has 2 rings (SSSR count). The molecule has 1 amide bonds. The number of rotatable bonds is 9. The third-order valence-corrected chi connectivity index (χ3v) is 4.81. The smallest absolute Gasteiger partial charge is 0.217 e. The molecule has 0 bridgehead atoms. The molecule has 1 aromatic carbocycles. The zero-order valence-corrected chi connectivity index (χ0v) is 17.5. The predicted molar refractivity (Wildman–Crippen MR) is 113 cm³/mol. The zero-order valence-electron chi connectivity index (χ0n) is 17.5. The van der Waals surface area contributed by atoms with Crippen molar-refractivity contribution in [2.24, 2.45) is 16.6 Å². The number of hydrogen-bond donors (Lipinski definition) is 2. The van der Waals surface area contributed by atoms with Crippen LogP contribution in [0.15, 0.2) is 29.3 Å². The van der Waals surface area contributed by atoms with Crippen LogP contribution in [0.3, 0.4) is 0 Å². The molecule has 0 spiro atoms. The molecular formula is C21H35N5O2. The second-order valence-corrected chi connectivity index (χ2v) is 7.55. The van der Waals surface area contributed by atoms with Crippen LogP contribution in [-0.2, 0) is 11.3 Å². The molecule has 1 aliphatic heterocycles. The molecule has 1 heterocycles. The molecular weight excluding hydrogens is 354 g/mol. The molecule has 156 valence electrons. The van der Waals surface area contributed by atoms with Crippen molar-refractivity contribution in [2.45, 2.75) is 32.7 Å². The largest absolute Gasteiger partial charge is 0.492 e. The van der Waals surface area contributed by atoms with Crippen molar-refractivity contribution in [1.29, 1.82) is 0 Å². The second-order valence-electron chi connectivity index (χ2n) is 7.55. The van der Waals surface area contributed by atoms with E-state index in [1.165, 1.54) is 0 Å². The highest BCUT2D eigenvalue weighted by atomic mass is 16.5. The fraction of sp³-hybridized carbons (Fsp3) is 0.619. The number of carbonyl (C=O) groups excluding carboxylic acids is 1. The number of primary amides is 1. The van der Waals surface area contributed by atoms with Gasteiger partial charge in [-0.2, -0.15) is 0 Å². The molecule has 7 heteroatoms. The molecule has 0 radical (unpaired) electrons. The average molecular weight is 390 g/mol. The minimum Gasteiger partial charge on any atom is -0.492 e. The molecule has 1 fully saturated rings. The van der Waals surface area contributed by atoms with Crippen LogP contribution in [0.2, 0.25) is 0 Å². The molecule has 0 saturated carbocycles. The zero-order chi connectivity index (χ0) is 20.4. The molecule has 3 N–H and O–H groups in total. The van der Waals surface area contributed by atoms with E-state index in [0.717, 1.165) is 56.3 Å². The molecule has 1 aromatic rings. The van der Waals surface area contributed by atoms with Crippen LogP contribution in [0.1, 0.15) is 31.7 Å². The molecule has 7 nitrogen and oxygen atoms in total. The second kappa shape index (κ2) is 11.5. The SMILES string of the molecule is CCNC(=NCc1ccccc1OCCN(C)C)N1CCCC(CC(N)=O)C1.